The maximum Gasteiger partial charge on any atom is 0.0938 e. The van der Waals surface area contributed by atoms with Crippen molar-refractivity contribution in [2.75, 3.05) is 19.6 Å². The van der Waals surface area contributed by atoms with Crippen molar-refractivity contribution in [2.24, 2.45) is 5.73 Å². The fraction of sp³-hybridized carbons (Fsp3) is 0.429. The summed E-state index contributed by atoms with van der Waals surface area (Å²) in [6.07, 6.45) is -1.25. The van der Waals surface area contributed by atoms with Gasteiger partial charge in [-0.05, 0) is 17.7 Å². The van der Waals surface area contributed by atoms with Crippen LogP contribution in [-0.4, -0.2) is 47.0 Å². The number of hydrogen-bond donors (Lipinski definition) is 3. The molecule has 1 heterocycles. The van der Waals surface area contributed by atoms with Crippen LogP contribution in [0.5, 0.6) is 0 Å². The lowest BCUT2D eigenvalue weighted by Crippen LogP contribution is -2.22. The summed E-state index contributed by atoms with van der Waals surface area (Å²) >= 11 is 0. The molecule has 18 heavy (non-hydrogen) atoms. The minimum Gasteiger partial charge on any atom is -0.389 e. The number of hydrogen-bond acceptors (Lipinski definition) is 4. The van der Waals surface area contributed by atoms with Crippen LogP contribution in [0.25, 0.3) is 0 Å². The van der Waals surface area contributed by atoms with Crippen molar-refractivity contribution in [1.29, 1.82) is 0 Å². The van der Waals surface area contributed by atoms with Crippen LogP contribution in [-0.2, 0) is 6.54 Å². The highest BCUT2D eigenvalue weighted by atomic mass is 16.3. The Bertz CT molecular complexity index is 437. The molecule has 2 unspecified atom stereocenters. The van der Waals surface area contributed by atoms with E-state index in [9.17, 15) is 10.2 Å². The van der Waals surface area contributed by atoms with Crippen molar-refractivity contribution in [3.63, 3.8) is 0 Å². The molecule has 0 spiro atoms. The molecule has 0 radical (unpaired) electrons. The first-order valence-electron chi connectivity index (χ1n) is 6.05. The zero-order valence-electron chi connectivity index (χ0n) is 10.2. The summed E-state index contributed by atoms with van der Waals surface area (Å²) in [6, 6.07) is 7.94. The number of likely N-dealkylation sites (tertiary alicyclic amines) is 1. The summed E-state index contributed by atoms with van der Waals surface area (Å²) in [7, 11) is 0. The SMILES string of the molecule is NCC#Cc1ccc(CN2CC(O)C(O)C2)cc1. The molecule has 0 aromatic heterocycles. The normalized spacial score (nSPS) is 23.7. The van der Waals surface area contributed by atoms with Crippen LogP contribution < -0.4 is 5.73 Å². The Kier molecular flexibility index (Phi) is 4.34. The highest BCUT2D eigenvalue weighted by Crippen LogP contribution is 2.14. The first-order valence-corrected chi connectivity index (χ1v) is 6.05. The molecule has 1 aliphatic rings. The third-order valence-corrected chi connectivity index (χ3v) is 3.03. The average molecular weight is 246 g/mol. The molecule has 1 aliphatic heterocycles. The predicted octanol–water partition coefficient (Wildman–Crippen LogP) is -0.466. The van der Waals surface area contributed by atoms with Gasteiger partial charge in [0.15, 0.2) is 0 Å². The van der Waals surface area contributed by atoms with Gasteiger partial charge in [-0.2, -0.15) is 0 Å². The van der Waals surface area contributed by atoms with E-state index in [1.807, 2.05) is 29.2 Å². The molecule has 2 atom stereocenters. The van der Waals surface area contributed by atoms with Crippen LogP contribution in [0, 0.1) is 11.8 Å². The lowest BCUT2D eigenvalue weighted by Gasteiger charge is -2.14. The van der Waals surface area contributed by atoms with Crippen molar-refractivity contribution in [3.05, 3.63) is 35.4 Å². The lowest BCUT2D eigenvalue weighted by atomic mass is 10.1. The van der Waals surface area contributed by atoms with E-state index in [4.69, 9.17) is 5.73 Å². The van der Waals surface area contributed by atoms with Crippen molar-refractivity contribution < 1.29 is 10.2 Å². The molecule has 1 aromatic rings. The molecule has 2 rings (SSSR count). The van der Waals surface area contributed by atoms with E-state index < -0.39 is 12.2 Å². The second-order valence-corrected chi connectivity index (χ2v) is 4.53. The highest BCUT2D eigenvalue weighted by molar-refractivity contribution is 5.36. The number of aliphatic hydroxyl groups is 2. The zero-order valence-corrected chi connectivity index (χ0v) is 10.2. The molecule has 96 valence electrons. The number of nitrogens with two attached hydrogens (primary N) is 1. The Labute approximate surface area is 107 Å². The molecule has 0 aliphatic carbocycles. The molecule has 4 N–H and O–H groups in total. The van der Waals surface area contributed by atoms with Crippen molar-refractivity contribution in [3.8, 4) is 11.8 Å². The molecule has 1 fully saturated rings. The van der Waals surface area contributed by atoms with Gasteiger partial charge in [0.05, 0.1) is 18.8 Å². The summed E-state index contributed by atoms with van der Waals surface area (Å²) in [6.45, 7) is 2.15. The van der Waals surface area contributed by atoms with Crippen molar-refractivity contribution in [2.45, 2.75) is 18.8 Å². The van der Waals surface area contributed by atoms with Gasteiger partial charge in [0.25, 0.3) is 0 Å². The van der Waals surface area contributed by atoms with Gasteiger partial charge in [-0.25, -0.2) is 0 Å². The first kappa shape index (κ1) is 13.1. The Morgan fingerprint density at radius 1 is 1.17 bits per heavy atom. The molecule has 0 saturated carbocycles. The topological polar surface area (TPSA) is 69.7 Å². The van der Waals surface area contributed by atoms with Crippen LogP contribution in [0.2, 0.25) is 0 Å². The van der Waals surface area contributed by atoms with Crippen LogP contribution in [0.1, 0.15) is 11.1 Å². The van der Waals surface area contributed by atoms with Crippen LogP contribution in [0.15, 0.2) is 24.3 Å². The van der Waals surface area contributed by atoms with Crippen molar-refractivity contribution in [1.82, 2.24) is 4.90 Å². The third kappa shape index (κ3) is 3.31. The summed E-state index contributed by atoms with van der Waals surface area (Å²) in [5.41, 5.74) is 7.41. The predicted molar refractivity (Wildman–Crippen MR) is 69.7 cm³/mol. The molecule has 0 bridgehead atoms. The number of benzene rings is 1. The van der Waals surface area contributed by atoms with Crippen LogP contribution >= 0.6 is 0 Å². The Balaban J connectivity index is 1.94. The minimum atomic E-state index is -0.625. The summed E-state index contributed by atoms with van der Waals surface area (Å²) < 4.78 is 0. The summed E-state index contributed by atoms with van der Waals surface area (Å²) in [5.74, 6) is 5.78. The van der Waals surface area contributed by atoms with Gasteiger partial charge >= 0.3 is 0 Å². The average Bonchev–Trinajstić information content (AvgIpc) is 2.67. The van der Waals surface area contributed by atoms with Gasteiger partial charge in [-0.3, -0.25) is 4.90 Å². The summed E-state index contributed by atoms with van der Waals surface area (Å²) in [5, 5.41) is 18.9. The minimum absolute atomic E-state index is 0.366. The fourth-order valence-electron chi connectivity index (χ4n) is 2.08. The van der Waals surface area contributed by atoms with E-state index in [0.29, 0.717) is 19.6 Å². The first-order chi connectivity index (χ1) is 8.69. The smallest absolute Gasteiger partial charge is 0.0938 e. The molecular weight excluding hydrogens is 228 g/mol. The number of β-amino-alcohol motifs (C(OH)–C–C–N with tert-alkyl or cyclic N) is 2. The van der Waals surface area contributed by atoms with E-state index >= 15 is 0 Å². The number of nitrogens with zero attached hydrogens (tertiary/aromatic N) is 1. The number of aliphatic hydroxyl groups excluding tert-OH is 2. The van der Waals surface area contributed by atoms with Gasteiger partial charge in [0.1, 0.15) is 0 Å². The van der Waals surface area contributed by atoms with Gasteiger partial charge in [0.2, 0.25) is 0 Å². The van der Waals surface area contributed by atoms with Crippen molar-refractivity contribution >= 4 is 0 Å². The van der Waals surface area contributed by atoms with Crippen LogP contribution in [0.3, 0.4) is 0 Å². The fourth-order valence-corrected chi connectivity index (χ4v) is 2.08. The van der Waals surface area contributed by atoms with E-state index in [0.717, 1.165) is 17.7 Å². The molecule has 4 heteroatoms. The maximum atomic E-state index is 9.47. The second-order valence-electron chi connectivity index (χ2n) is 4.53. The lowest BCUT2D eigenvalue weighted by molar-refractivity contribution is 0.0572. The van der Waals surface area contributed by atoms with Gasteiger partial charge in [-0.15, -0.1) is 0 Å². The molecular formula is C14H18N2O2. The zero-order chi connectivity index (χ0) is 13.0. The Morgan fingerprint density at radius 2 is 1.78 bits per heavy atom. The van der Waals surface area contributed by atoms with E-state index in [-0.39, 0.29) is 0 Å². The molecule has 1 saturated heterocycles. The maximum absolute atomic E-state index is 9.47. The Morgan fingerprint density at radius 3 is 2.33 bits per heavy atom. The standard InChI is InChI=1S/C14H18N2O2/c15-7-1-2-11-3-5-12(6-4-11)8-16-9-13(17)14(18)10-16/h3-6,13-14,17-18H,7-10,15H2. The van der Waals surface area contributed by atoms with Gasteiger partial charge < -0.3 is 15.9 Å². The Hall–Kier alpha value is -1.38. The molecule has 0 amide bonds. The largest absolute Gasteiger partial charge is 0.389 e. The quantitative estimate of drug-likeness (QED) is 0.617. The van der Waals surface area contributed by atoms with Gasteiger partial charge in [-0.1, -0.05) is 24.0 Å². The van der Waals surface area contributed by atoms with Crippen LogP contribution in [0.4, 0.5) is 0 Å². The second kappa shape index (κ2) is 5.98. The van der Waals surface area contributed by atoms with E-state index in [1.165, 1.54) is 0 Å². The molecule has 1 aromatic carbocycles. The van der Waals surface area contributed by atoms with E-state index in [1.54, 1.807) is 0 Å². The highest BCUT2D eigenvalue weighted by Gasteiger charge is 2.29. The summed E-state index contributed by atoms with van der Waals surface area (Å²) in [4.78, 5) is 2.04. The molecule has 4 nitrogen and oxygen atoms in total. The van der Waals surface area contributed by atoms with E-state index in [2.05, 4.69) is 11.8 Å². The van der Waals surface area contributed by atoms with Gasteiger partial charge in [0, 0.05) is 25.2 Å². The monoisotopic (exact) mass is 246 g/mol. The third-order valence-electron chi connectivity index (χ3n) is 3.03. The number of rotatable bonds is 2.